The lowest BCUT2D eigenvalue weighted by atomic mass is 10.00. The Kier molecular flexibility index (Phi) is 12.4. The van der Waals surface area contributed by atoms with Gasteiger partial charge in [0.05, 0.1) is 20.1 Å². The van der Waals surface area contributed by atoms with E-state index in [1.807, 2.05) is 42.5 Å². The van der Waals surface area contributed by atoms with E-state index in [1.54, 1.807) is 36.4 Å². The highest BCUT2D eigenvalue weighted by molar-refractivity contribution is 6.35. The highest BCUT2D eigenvalue weighted by Gasteiger charge is 2.41. The van der Waals surface area contributed by atoms with Crippen LogP contribution < -0.4 is 0 Å². The van der Waals surface area contributed by atoms with Crippen molar-refractivity contribution in [3.05, 3.63) is 116 Å². The lowest BCUT2D eigenvalue weighted by Gasteiger charge is -2.41. The minimum Gasteiger partial charge on any atom is -0.468 e. The van der Waals surface area contributed by atoms with Crippen LogP contribution in [0.5, 0.6) is 0 Å². The van der Waals surface area contributed by atoms with Crippen molar-refractivity contribution >= 4 is 80.9 Å². The van der Waals surface area contributed by atoms with E-state index in [4.69, 9.17) is 51.1 Å². The van der Waals surface area contributed by atoms with Gasteiger partial charge >= 0.3 is 5.97 Å². The van der Waals surface area contributed by atoms with Crippen LogP contribution in [0.4, 0.5) is 0 Å². The summed E-state index contributed by atoms with van der Waals surface area (Å²) in [4.78, 5) is 58.6. The third-order valence-corrected chi connectivity index (χ3v) is 9.90. The molecule has 5 rings (SSSR count). The first kappa shape index (κ1) is 36.5. The van der Waals surface area contributed by atoms with Gasteiger partial charge in [0.2, 0.25) is 17.7 Å². The second-order valence-electron chi connectivity index (χ2n) is 11.8. The number of methoxy groups -OCH3 is 1. The molecular formula is C37H35Cl4N3O5. The molecule has 49 heavy (non-hydrogen) atoms. The average Bonchev–Trinajstić information content (AvgIpc) is 3.08. The van der Waals surface area contributed by atoms with E-state index >= 15 is 0 Å². The van der Waals surface area contributed by atoms with Gasteiger partial charge in [-0.15, -0.1) is 0 Å². The van der Waals surface area contributed by atoms with Crippen LogP contribution in [0.1, 0.15) is 23.1 Å². The van der Waals surface area contributed by atoms with E-state index in [0.29, 0.717) is 39.4 Å². The number of hydrogen-bond donors (Lipinski definition) is 0. The third-order valence-electron chi connectivity index (χ3n) is 8.72. The Morgan fingerprint density at radius 2 is 1.43 bits per heavy atom. The van der Waals surface area contributed by atoms with Gasteiger partial charge in [-0.05, 0) is 71.0 Å². The summed E-state index contributed by atoms with van der Waals surface area (Å²) in [6.07, 6.45) is 0.882. The molecule has 1 fully saturated rings. The van der Waals surface area contributed by atoms with Crippen molar-refractivity contribution in [2.24, 2.45) is 0 Å². The Labute approximate surface area is 305 Å². The molecular weight excluding hydrogens is 708 g/mol. The first-order valence-electron chi connectivity index (χ1n) is 15.8. The quantitative estimate of drug-likeness (QED) is 0.139. The molecule has 1 aliphatic rings. The van der Waals surface area contributed by atoms with E-state index in [9.17, 15) is 19.2 Å². The zero-order valence-corrected chi connectivity index (χ0v) is 29.9. The second-order valence-corrected chi connectivity index (χ2v) is 13.5. The highest BCUT2D eigenvalue weighted by atomic mass is 35.5. The number of fused-ring (bicyclic) bond motifs is 1. The number of halogens is 4. The first-order valence-corrected chi connectivity index (χ1v) is 17.3. The standard InChI is InChI=1S/C37H35Cl4N3O5/c1-49-36(47)23-42(16-13-26-9-11-28(38)19-31(26)40)34(45)21-33-37(48)43(17-14-27-10-12-29(39)20-32(27)41)22-35(46)44(33)18-15-25-7-4-6-24-5-2-3-8-30(24)25/h2-12,19-20,33H,13-18,21-23H2,1H3. The van der Waals surface area contributed by atoms with Crippen molar-refractivity contribution in [2.75, 3.05) is 39.8 Å². The molecule has 1 atom stereocenters. The van der Waals surface area contributed by atoms with Gasteiger partial charge in [-0.3, -0.25) is 19.2 Å². The summed E-state index contributed by atoms with van der Waals surface area (Å²) >= 11 is 24.9. The van der Waals surface area contributed by atoms with E-state index < -0.39 is 17.9 Å². The zero-order chi connectivity index (χ0) is 35.1. The molecule has 0 bridgehead atoms. The van der Waals surface area contributed by atoms with Crippen LogP contribution in [0, 0.1) is 0 Å². The van der Waals surface area contributed by atoms with Crippen LogP contribution in [0.25, 0.3) is 10.8 Å². The molecule has 0 N–H and O–H groups in total. The van der Waals surface area contributed by atoms with Gasteiger partial charge in [0.25, 0.3) is 0 Å². The van der Waals surface area contributed by atoms with Crippen molar-refractivity contribution in [2.45, 2.75) is 31.7 Å². The van der Waals surface area contributed by atoms with Gasteiger partial charge in [0.15, 0.2) is 0 Å². The second kappa shape index (κ2) is 16.7. The van der Waals surface area contributed by atoms with Crippen molar-refractivity contribution in [1.29, 1.82) is 0 Å². The fourth-order valence-electron chi connectivity index (χ4n) is 6.04. The predicted molar refractivity (Wildman–Crippen MR) is 193 cm³/mol. The lowest BCUT2D eigenvalue weighted by molar-refractivity contribution is -0.158. The molecule has 4 aromatic carbocycles. The number of esters is 1. The zero-order valence-electron chi connectivity index (χ0n) is 26.8. The van der Waals surface area contributed by atoms with Crippen LogP contribution >= 0.6 is 46.4 Å². The molecule has 1 saturated heterocycles. The number of nitrogens with zero attached hydrogens (tertiary/aromatic N) is 3. The van der Waals surface area contributed by atoms with Crippen molar-refractivity contribution in [1.82, 2.24) is 14.7 Å². The van der Waals surface area contributed by atoms with Gasteiger partial charge < -0.3 is 19.4 Å². The number of carbonyl (C=O) groups excluding carboxylic acids is 4. The smallest absolute Gasteiger partial charge is 0.325 e. The van der Waals surface area contributed by atoms with E-state index in [2.05, 4.69) is 0 Å². The number of piperazine rings is 1. The summed E-state index contributed by atoms with van der Waals surface area (Å²) in [5, 5.41) is 3.99. The van der Waals surface area contributed by atoms with Crippen LogP contribution in [-0.2, 0) is 43.2 Å². The summed E-state index contributed by atoms with van der Waals surface area (Å²) < 4.78 is 4.87. The topological polar surface area (TPSA) is 87.2 Å². The predicted octanol–water partition coefficient (Wildman–Crippen LogP) is 6.91. The Balaban J connectivity index is 1.38. The normalized spacial score (nSPS) is 14.8. The number of amides is 3. The monoisotopic (exact) mass is 741 g/mol. The van der Waals surface area contributed by atoms with Crippen molar-refractivity contribution in [3.8, 4) is 0 Å². The maximum atomic E-state index is 14.1. The molecule has 8 nitrogen and oxygen atoms in total. The van der Waals surface area contributed by atoms with Crippen LogP contribution in [0.15, 0.2) is 78.9 Å². The summed E-state index contributed by atoms with van der Waals surface area (Å²) in [5.41, 5.74) is 2.54. The molecule has 0 spiro atoms. The van der Waals surface area contributed by atoms with E-state index in [0.717, 1.165) is 27.5 Å². The van der Waals surface area contributed by atoms with Crippen molar-refractivity contribution in [3.63, 3.8) is 0 Å². The number of benzene rings is 4. The van der Waals surface area contributed by atoms with Crippen LogP contribution in [0.2, 0.25) is 20.1 Å². The minimum absolute atomic E-state index is 0.124. The molecule has 0 aliphatic carbocycles. The summed E-state index contributed by atoms with van der Waals surface area (Å²) in [6, 6.07) is 23.1. The fraction of sp³-hybridized carbons (Fsp3) is 0.297. The van der Waals surface area contributed by atoms with E-state index in [-0.39, 0.29) is 51.0 Å². The molecule has 0 radical (unpaired) electrons. The van der Waals surface area contributed by atoms with Crippen molar-refractivity contribution < 1.29 is 23.9 Å². The molecule has 3 amide bonds. The van der Waals surface area contributed by atoms with Gasteiger partial charge in [0, 0.05) is 39.7 Å². The van der Waals surface area contributed by atoms with Crippen LogP contribution in [0.3, 0.4) is 0 Å². The lowest BCUT2D eigenvalue weighted by Crippen LogP contribution is -2.61. The molecule has 12 heteroatoms. The Bertz CT molecular complexity index is 1860. The Morgan fingerprint density at radius 3 is 2.10 bits per heavy atom. The number of ether oxygens (including phenoxy) is 1. The average molecular weight is 744 g/mol. The molecule has 256 valence electrons. The number of rotatable bonds is 13. The maximum Gasteiger partial charge on any atom is 0.325 e. The highest BCUT2D eigenvalue weighted by Crippen LogP contribution is 2.26. The van der Waals surface area contributed by atoms with Gasteiger partial charge in [-0.2, -0.15) is 0 Å². The van der Waals surface area contributed by atoms with E-state index in [1.165, 1.54) is 21.8 Å². The number of carbonyl (C=O) groups is 4. The molecule has 1 heterocycles. The summed E-state index contributed by atoms with van der Waals surface area (Å²) in [7, 11) is 1.24. The Morgan fingerprint density at radius 1 is 0.796 bits per heavy atom. The third kappa shape index (κ3) is 9.25. The number of hydrogen-bond acceptors (Lipinski definition) is 5. The molecule has 0 saturated carbocycles. The van der Waals surface area contributed by atoms with Crippen LogP contribution in [-0.4, -0.2) is 84.3 Å². The molecule has 0 aromatic heterocycles. The SMILES string of the molecule is COC(=O)CN(CCc1ccc(Cl)cc1Cl)C(=O)CC1C(=O)N(CCc2ccc(Cl)cc2Cl)CC(=O)N1CCc1cccc2ccccc12. The molecule has 1 aliphatic heterocycles. The minimum atomic E-state index is -1.08. The Hall–Kier alpha value is -3.82. The summed E-state index contributed by atoms with van der Waals surface area (Å²) in [6.45, 7) is 0.105. The molecule has 4 aromatic rings. The largest absolute Gasteiger partial charge is 0.468 e. The maximum absolute atomic E-state index is 14.1. The first-order chi connectivity index (χ1) is 23.5. The van der Waals surface area contributed by atoms with Gasteiger partial charge in [-0.25, -0.2) is 0 Å². The molecule has 1 unspecified atom stereocenters. The van der Waals surface area contributed by atoms with Gasteiger partial charge in [0.1, 0.15) is 12.6 Å². The van der Waals surface area contributed by atoms with Gasteiger partial charge in [-0.1, -0.05) is 101 Å². The fourth-order valence-corrected chi connectivity index (χ4v) is 7.04. The summed E-state index contributed by atoms with van der Waals surface area (Å²) in [5.74, 6) is -1.71.